The predicted octanol–water partition coefficient (Wildman–Crippen LogP) is 2.18. The Kier molecular flexibility index (Phi) is 3.64. The Morgan fingerprint density at radius 1 is 1.11 bits per heavy atom. The number of carbonyl (C=O) groups excluding carboxylic acids is 1. The lowest BCUT2D eigenvalue weighted by atomic mass is 9.71. The minimum Gasteiger partial charge on any atom is -0.481 e. The molecule has 0 spiro atoms. The maximum absolute atomic E-state index is 12.1. The molecule has 0 aliphatic heterocycles. The van der Waals surface area contributed by atoms with Crippen molar-refractivity contribution in [2.24, 2.45) is 17.3 Å². The van der Waals surface area contributed by atoms with Crippen LogP contribution < -0.4 is 5.32 Å². The highest BCUT2D eigenvalue weighted by Crippen LogP contribution is 2.38. The third kappa shape index (κ3) is 2.52. The Hall–Kier alpha value is -1.06. The third-order valence-electron chi connectivity index (χ3n) is 4.75. The first kappa shape index (κ1) is 13.4. The van der Waals surface area contributed by atoms with E-state index in [0.717, 1.165) is 25.7 Å². The Morgan fingerprint density at radius 3 is 2.28 bits per heavy atom. The first-order valence-electron chi connectivity index (χ1n) is 6.95. The summed E-state index contributed by atoms with van der Waals surface area (Å²) in [4.78, 5) is 23.1. The number of hydrogen-bond acceptors (Lipinski definition) is 2. The molecule has 0 radical (unpaired) electrons. The van der Waals surface area contributed by atoms with Crippen LogP contribution in [0, 0.1) is 17.3 Å². The van der Waals surface area contributed by atoms with Crippen molar-refractivity contribution in [1.82, 2.24) is 5.32 Å². The quantitative estimate of drug-likeness (QED) is 0.810. The Morgan fingerprint density at radius 2 is 1.78 bits per heavy atom. The minimum atomic E-state index is -0.829. The van der Waals surface area contributed by atoms with Gasteiger partial charge in [0, 0.05) is 6.04 Å². The summed E-state index contributed by atoms with van der Waals surface area (Å²) in [5.74, 6) is -1.64. The minimum absolute atomic E-state index is 0.0476. The largest absolute Gasteiger partial charge is 0.481 e. The summed E-state index contributed by atoms with van der Waals surface area (Å²) in [5, 5.41) is 12.1. The molecule has 102 valence electrons. The van der Waals surface area contributed by atoms with Gasteiger partial charge in [-0.05, 0) is 31.1 Å². The van der Waals surface area contributed by atoms with Gasteiger partial charge < -0.3 is 10.4 Å². The number of amides is 1. The number of carboxylic acid groups (broad SMARTS) is 1. The normalized spacial score (nSPS) is 34.4. The van der Waals surface area contributed by atoms with Gasteiger partial charge >= 0.3 is 5.97 Å². The van der Waals surface area contributed by atoms with Crippen LogP contribution in [0.5, 0.6) is 0 Å². The van der Waals surface area contributed by atoms with E-state index in [2.05, 4.69) is 19.2 Å². The first-order valence-corrected chi connectivity index (χ1v) is 6.95. The molecule has 4 nitrogen and oxygen atoms in total. The summed E-state index contributed by atoms with van der Waals surface area (Å²) in [6.07, 6.45) is 5.88. The summed E-state index contributed by atoms with van der Waals surface area (Å²) in [6.45, 7) is 4.37. The standard InChI is InChI=1S/C14H23NO3/c1-14(2)8-4-3-5-11(14)15-12(16)9-6-7-10(9)13(17)18/h9-11H,3-8H2,1-2H3,(H,15,16)(H,17,18). The number of nitrogens with one attached hydrogen (secondary N) is 1. The molecule has 4 heteroatoms. The van der Waals surface area contributed by atoms with E-state index in [1.54, 1.807) is 0 Å². The van der Waals surface area contributed by atoms with Crippen LogP contribution in [-0.4, -0.2) is 23.0 Å². The van der Waals surface area contributed by atoms with E-state index >= 15 is 0 Å². The Balaban J connectivity index is 1.93. The fourth-order valence-electron chi connectivity index (χ4n) is 3.15. The van der Waals surface area contributed by atoms with E-state index in [1.807, 2.05) is 0 Å². The number of rotatable bonds is 3. The molecule has 18 heavy (non-hydrogen) atoms. The fourth-order valence-corrected chi connectivity index (χ4v) is 3.15. The molecule has 0 aromatic rings. The molecule has 2 aliphatic carbocycles. The summed E-state index contributed by atoms with van der Waals surface area (Å²) in [6, 6.07) is 0.203. The molecular formula is C14H23NO3. The van der Waals surface area contributed by atoms with Crippen molar-refractivity contribution < 1.29 is 14.7 Å². The van der Waals surface area contributed by atoms with Crippen molar-refractivity contribution in [3.8, 4) is 0 Å². The molecule has 3 atom stereocenters. The van der Waals surface area contributed by atoms with E-state index in [1.165, 1.54) is 6.42 Å². The Labute approximate surface area is 108 Å². The van der Waals surface area contributed by atoms with E-state index in [9.17, 15) is 9.59 Å². The van der Waals surface area contributed by atoms with Crippen LogP contribution in [-0.2, 0) is 9.59 Å². The van der Waals surface area contributed by atoms with Gasteiger partial charge in [0.05, 0.1) is 11.8 Å². The van der Waals surface area contributed by atoms with Crippen molar-refractivity contribution in [3.05, 3.63) is 0 Å². The average Bonchev–Trinajstić information content (AvgIpc) is 2.18. The topological polar surface area (TPSA) is 66.4 Å². The molecule has 2 fully saturated rings. The van der Waals surface area contributed by atoms with Crippen molar-refractivity contribution in [2.45, 2.75) is 58.4 Å². The molecule has 2 aliphatic rings. The van der Waals surface area contributed by atoms with Gasteiger partial charge in [-0.15, -0.1) is 0 Å². The number of hydrogen-bond donors (Lipinski definition) is 2. The van der Waals surface area contributed by atoms with E-state index in [0.29, 0.717) is 6.42 Å². The zero-order chi connectivity index (χ0) is 13.3. The van der Waals surface area contributed by atoms with Crippen molar-refractivity contribution in [2.75, 3.05) is 0 Å². The molecule has 0 bridgehead atoms. The second-order valence-electron chi connectivity index (χ2n) is 6.42. The highest BCUT2D eigenvalue weighted by Gasteiger charge is 2.43. The van der Waals surface area contributed by atoms with Crippen LogP contribution in [0.1, 0.15) is 52.4 Å². The van der Waals surface area contributed by atoms with Crippen LogP contribution in [0.25, 0.3) is 0 Å². The van der Waals surface area contributed by atoms with Gasteiger partial charge in [-0.25, -0.2) is 0 Å². The second kappa shape index (κ2) is 4.90. The predicted molar refractivity (Wildman–Crippen MR) is 68.0 cm³/mol. The van der Waals surface area contributed by atoms with Crippen molar-refractivity contribution in [3.63, 3.8) is 0 Å². The molecule has 0 aromatic carbocycles. The monoisotopic (exact) mass is 253 g/mol. The maximum Gasteiger partial charge on any atom is 0.307 e. The van der Waals surface area contributed by atoms with Gasteiger partial charge in [0.1, 0.15) is 0 Å². The molecule has 0 saturated heterocycles. The molecule has 2 rings (SSSR count). The number of carbonyl (C=O) groups is 2. The van der Waals surface area contributed by atoms with Crippen LogP contribution in [0.4, 0.5) is 0 Å². The van der Waals surface area contributed by atoms with E-state index < -0.39 is 11.9 Å². The van der Waals surface area contributed by atoms with Crippen LogP contribution in [0.15, 0.2) is 0 Å². The van der Waals surface area contributed by atoms with Gasteiger partial charge in [-0.3, -0.25) is 9.59 Å². The zero-order valence-corrected chi connectivity index (χ0v) is 11.2. The molecular weight excluding hydrogens is 230 g/mol. The highest BCUT2D eigenvalue weighted by molar-refractivity contribution is 5.86. The highest BCUT2D eigenvalue weighted by atomic mass is 16.4. The van der Waals surface area contributed by atoms with Crippen LogP contribution >= 0.6 is 0 Å². The van der Waals surface area contributed by atoms with Crippen LogP contribution in [0.3, 0.4) is 0 Å². The average molecular weight is 253 g/mol. The third-order valence-corrected chi connectivity index (χ3v) is 4.75. The van der Waals surface area contributed by atoms with Gasteiger partial charge in [0.25, 0.3) is 0 Å². The zero-order valence-electron chi connectivity index (χ0n) is 11.2. The molecule has 2 N–H and O–H groups in total. The van der Waals surface area contributed by atoms with E-state index in [-0.39, 0.29) is 23.3 Å². The SMILES string of the molecule is CC1(C)CCCCC1NC(=O)C1CCC1C(=O)O. The fraction of sp³-hybridized carbons (Fsp3) is 0.857. The van der Waals surface area contributed by atoms with Crippen molar-refractivity contribution in [1.29, 1.82) is 0 Å². The summed E-state index contributed by atoms with van der Waals surface area (Å²) < 4.78 is 0. The smallest absolute Gasteiger partial charge is 0.307 e. The number of aliphatic carboxylic acids is 1. The Bertz CT molecular complexity index is 351. The molecule has 0 aromatic heterocycles. The van der Waals surface area contributed by atoms with E-state index in [4.69, 9.17) is 5.11 Å². The molecule has 1 amide bonds. The molecule has 0 heterocycles. The van der Waals surface area contributed by atoms with Gasteiger partial charge in [-0.2, -0.15) is 0 Å². The molecule has 2 saturated carbocycles. The van der Waals surface area contributed by atoms with Crippen LogP contribution in [0.2, 0.25) is 0 Å². The lowest BCUT2D eigenvalue weighted by molar-refractivity contribution is -0.153. The van der Waals surface area contributed by atoms with Gasteiger partial charge in [0.2, 0.25) is 5.91 Å². The lowest BCUT2D eigenvalue weighted by Crippen LogP contribution is -2.52. The van der Waals surface area contributed by atoms with Gasteiger partial charge in [0.15, 0.2) is 0 Å². The molecule has 3 unspecified atom stereocenters. The second-order valence-corrected chi connectivity index (χ2v) is 6.42. The summed E-state index contributed by atoms with van der Waals surface area (Å²) in [5.41, 5.74) is 0.135. The first-order chi connectivity index (χ1) is 8.42. The van der Waals surface area contributed by atoms with Crippen molar-refractivity contribution >= 4 is 11.9 Å². The summed E-state index contributed by atoms with van der Waals surface area (Å²) in [7, 11) is 0. The summed E-state index contributed by atoms with van der Waals surface area (Å²) >= 11 is 0. The number of carboxylic acids is 1. The maximum atomic E-state index is 12.1. The lowest BCUT2D eigenvalue weighted by Gasteiger charge is -2.41. The van der Waals surface area contributed by atoms with Gasteiger partial charge in [-0.1, -0.05) is 26.7 Å².